The van der Waals surface area contributed by atoms with Gasteiger partial charge in [0.1, 0.15) is 17.7 Å². The van der Waals surface area contributed by atoms with Crippen molar-refractivity contribution < 1.29 is 23.0 Å². The van der Waals surface area contributed by atoms with Crippen molar-refractivity contribution in [2.75, 3.05) is 32.5 Å². The van der Waals surface area contributed by atoms with Crippen molar-refractivity contribution in [1.29, 1.82) is 0 Å². The Morgan fingerprint density at radius 3 is 2.82 bits per heavy atom. The molecule has 2 fully saturated rings. The van der Waals surface area contributed by atoms with Crippen molar-refractivity contribution in [2.24, 2.45) is 5.92 Å². The smallest absolute Gasteiger partial charge is 0.212 e. The topological polar surface area (TPSA) is 143 Å². The van der Waals surface area contributed by atoms with Gasteiger partial charge in [-0.15, -0.1) is 0 Å². The maximum Gasteiger partial charge on any atom is 0.212 e. The lowest BCUT2D eigenvalue weighted by atomic mass is 9.71. The Morgan fingerprint density at radius 2 is 2.08 bits per heavy atom. The van der Waals surface area contributed by atoms with Crippen LogP contribution in [-0.4, -0.2) is 84.3 Å². The number of rotatable bonds is 9. The molecule has 10 nitrogen and oxygen atoms in total. The van der Waals surface area contributed by atoms with Crippen LogP contribution < -0.4 is 15.6 Å². The third kappa shape index (κ3) is 5.25. The van der Waals surface area contributed by atoms with Gasteiger partial charge in [0, 0.05) is 24.9 Å². The number of hydrogen-bond acceptors (Lipinski definition) is 8. The number of aliphatic hydroxyl groups is 1. The summed E-state index contributed by atoms with van der Waals surface area (Å²) in [6.07, 6.45) is 4.88. The summed E-state index contributed by atoms with van der Waals surface area (Å²) in [5.74, 6) is 0.669. The molecule has 0 amide bonds. The van der Waals surface area contributed by atoms with Gasteiger partial charge in [-0.3, -0.25) is 10.3 Å². The zero-order valence-electron chi connectivity index (χ0n) is 21.7. The summed E-state index contributed by atoms with van der Waals surface area (Å²) >= 11 is 0. The standard InChI is InChI=1S/C26H37FN6O4S/c1-3-15-11-18(35)4-5-19(15)20-6-7-21-24(23(20)27)31-32-25(21)26-29-12-22(30-26)16-10-17(14-34)33(13-16)8-9-38(36,37)28-2/h4-5,10-12,17,20-21,23-25,28,31-32,34-35H,3,6-9,13-14H2,1-2H3,(H,29,30)/t17-,20?,21?,23?,24?,25?/m0/s1. The summed E-state index contributed by atoms with van der Waals surface area (Å²) in [6, 6.07) is 4.43. The number of hydrogen-bond donors (Lipinski definition) is 6. The number of aromatic nitrogens is 2. The summed E-state index contributed by atoms with van der Waals surface area (Å²) in [7, 11) is -1.95. The molecule has 5 rings (SSSR count). The number of nitrogens with one attached hydrogen (secondary N) is 4. The normalized spacial score (nSPS) is 29.9. The first-order valence-corrected chi connectivity index (χ1v) is 14.9. The molecule has 0 bridgehead atoms. The van der Waals surface area contributed by atoms with E-state index in [-0.39, 0.29) is 48.1 Å². The fraction of sp³-hybridized carbons (Fsp3) is 0.577. The Labute approximate surface area is 222 Å². The van der Waals surface area contributed by atoms with Gasteiger partial charge < -0.3 is 15.2 Å². The van der Waals surface area contributed by atoms with Crippen molar-refractivity contribution >= 4 is 15.6 Å². The van der Waals surface area contributed by atoms with Crippen molar-refractivity contribution in [3.8, 4) is 5.75 Å². The van der Waals surface area contributed by atoms with E-state index in [0.29, 0.717) is 19.5 Å². The summed E-state index contributed by atoms with van der Waals surface area (Å²) in [6.45, 7) is 2.70. The number of halogens is 1. The zero-order valence-corrected chi connectivity index (χ0v) is 22.5. The lowest BCUT2D eigenvalue weighted by Gasteiger charge is -2.36. The predicted octanol–water partition coefficient (Wildman–Crippen LogP) is 1.34. The molecule has 12 heteroatoms. The minimum Gasteiger partial charge on any atom is -0.508 e. The quantitative estimate of drug-likeness (QED) is 0.276. The van der Waals surface area contributed by atoms with Gasteiger partial charge in [-0.05, 0) is 55.1 Å². The minimum atomic E-state index is -3.34. The molecule has 208 valence electrons. The number of aryl methyl sites for hydroxylation is 1. The van der Waals surface area contributed by atoms with Gasteiger partial charge in [-0.2, -0.15) is 0 Å². The first-order chi connectivity index (χ1) is 18.2. The van der Waals surface area contributed by atoms with E-state index in [1.165, 1.54) is 7.05 Å². The molecule has 1 aliphatic carbocycles. The minimum absolute atomic E-state index is 0.0217. The monoisotopic (exact) mass is 548 g/mol. The van der Waals surface area contributed by atoms with Gasteiger partial charge in [-0.1, -0.05) is 19.1 Å². The summed E-state index contributed by atoms with van der Waals surface area (Å²) in [5, 5.41) is 19.7. The Kier molecular flexibility index (Phi) is 7.90. The Morgan fingerprint density at radius 1 is 1.26 bits per heavy atom. The van der Waals surface area contributed by atoms with Crippen molar-refractivity contribution in [2.45, 2.75) is 56.4 Å². The van der Waals surface area contributed by atoms with Gasteiger partial charge in [-0.25, -0.2) is 27.9 Å². The largest absolute Gasteiger partial charge is 0.508 e. The number of imidazole rings is 1. The van der Waals surface area contributed by atoms with E-state index in [4.69, 9.17) is 0 Å². The predicted molar refractivity (Wildman–Crippen MR) is 143 cm³/mol. The maximum atomic E-state index is 15.9. The second-order valence-corrected chi connectivity index (χ2v) is 12.5. The number of alkyl halides is 1. The van der Waals surface area contributed by atoms with Crippen LogP contribution in [0.15, 0.2) is 30.5 Å². The number of fused-ring (bicyclic) bond motifs is 1. The molecule has 0 radical (unpaired) electrons. The fourth-order valence-corrected chi connectivity index (χ4v) is 6.90. The highest BCUT2D eigenvalue weighted by Crippen LogP contribution is 2.45. The number of nitrogens with zero attached hydrogens (tertiary/aromatic N) is 2. The van der Waals surface area contributed by atoms with Crippen molar-refractivity contribution in [3.63, 3.8) is 0 Å². The van der Waals surface area contributed by atoms with E-state index in [0.717, 1.165) is 41.1 Å². The molecule has 1 saturated heterocycles. The molecule has 1 saturated carbocycles. The highest BCUT2D eigenvalue weighted by atomic mass is 32.2. The van der Waals surface area contributed by atoms with Gasteiger partial charge in [0.2, 0.25) is 10.0 Å². The third-order valence-electron chi connectivity index (χ3n) is 8.36. The number of sulfonamides is 1. The zero-order chi connectivity index (χ0) is 27.0. The molecular formula is C26H37FN6O4S. The Hall–Kier alpha value is -2.35. The highest BCUT2D eigenvalue weighted by Gasteiger charge is 2.48. The van der Waals surface area contributed by atoms with Crippen molar-refractivity contribution in [1.82, 2.24) is 30.4 Å². The van der Waals surface area contributed by atoms with E-state index in [1.807, 2.05) is 24.0 Å². The lowest BCUT2D eigenvalue weighted by Crippen LogP contribution is -2.45. The average molecular weight is 549 g/mol. The molecule has 3 aliphatic rings. The van der Waals surface area contributed by atoms with Gasteiger partial charge >= 0.3 is 0 Å². The van der Waals surface area contributed by atoms with Gasteiger partial charge in [0.05, 0.1) is 42.4 Å². The number of phenolic OH excluding ortho intramolecular Hbond substituents is 1. The van der Waals surface area contributed by atoms with Gasteiger partial charge in [0.15, 0.2) is 0 Å². The summed E-state index contributed by atoms with van der Waals surface area (Å²) in [5.41, 5.74) is 10.2. The van der Waals surface area contributed by atoms with E-state index in [2.05, 4.69) is 25.5 Å². The first kappa shape index (κ1) is 27.2. The summed E-state index contributed by atoms with van der Waals surface area (Å²) in [4.78, 5) is 9.93. The highest BCUT2D eigenvalue weighted by molar-refractivity contribution is 7.89. The van der Waals surface area contributed by atoms with Crippen LogP contribution >= 0.6 is 0 Å². The molecule has 3 heterocycles. The van der Waals surface area contributed by atoms with Crippen LogP contribution in [-0.2, 0) is 16.4 Å². The molecule has 1 aromatic carbocycles. The second-order valence-electron chi connectivity index (χ2n) is 10.4. The molecular weight excluding hydrogens is 511 g/mol. The van der Waals surface area contributed by atoms with Crippen LogP contribution in [0.1, 0.15) is 54.4 Å². The molecule has 6 atom stereocenters. The van der Waals surface area contributed by atoms with Crippen LogP contribution in [0.25, 0.3) is 5.57 Å². The Bertz CT molecular complexity index is 1280. The third-order valence-corrected chi connectivity index (χ3v) is 9.70. The number of benzene rings is 1. The molecule has 6 N–H and O–H groups in total. The maximum absolute atomic E-state index is 15.9. The van der Waals surface area contributed by atoms with Crippen LogP contribution in [0, 0.1) is 5.92 Å². The first-order valence-electron chi connectivity index (χ1n) is 13.2. The SMILES string of the molecule is CCc1cc(O)ccc1C1CCC2C(c3ncc(C4=C[C@@H](CO)N(CCS(=O)(=O)NC)C4)[nH]3)NNC2C1F. The number of H-pyrrole nitrogens is 1. The van der Waals surface area contributed by atoms with Crippen LogP contribution in [0.2, 0.25) is 0 Å². The number of aromatic hydroxyl groups is 1. The average Bonchev–Trinajstić information content (AvgIpc) is 3.66. The van der Waals surface area contributed by atoms with E-state index < -0.39 is 16.2 Å². The number of aromatic amines is 1. The number of aliphatic hydroxyl groups excluding tert-OH is 1. The molecule has 5 unspecified atom stereocenters. The van der Waals surface area contributed by atoms with Crippen LogP contribution in [0.4, 0.5) is 4.39 Å². The lowest BCUT2D eigenvalue weighted by molar-refractivity contribution is 0.135. The van der Waals surface area contributed by atoms with Crippen LogP contribution in [0.5, 0.6) is 5.75 Å². The van der Waals surface area contributed by atoms with E-state index >= 15 is 4.39 Å². The second kappa shape index (κ2) is 11.0. The molecule has 0 spiro atoms. The summed E-state index contributed by atoms with van der Waals surface area (Å²) < 4.78 is 41.9. The molecule has 2 aromatic rings. The van der Waals surface area contributed by atoms with E-state index in [1.54, 1.807) is 18.3 Å². The number of phenols is 1. The number of hydrazine groups is 1. The van der Waals surface area contributed by atoms with E-state index in [9.17, 15) is 18.6 Å². The molecule has 1 aromatic heterocycles. The Balaban J connectivity index is 1.27. The fourth-order valence-electron chi connectivity index (χ4n) is 6.22. The van der Waals surface area contributed by atoms with Gasteiger partial charge in [0.25, 0.3) is 0 Å². The molecule has 38 heavy (non-hydrogen) atoms. The van der Waals surface area contributed by atoms with Crippen LogP contribution in [0.3, 0.4) is 0 Å². The molecule has 2 aliphatic heterocycles. The van der Waals surface area contributed by atoms with Crippen molar-refractivity contribution in [3.05, 3.63) is 53.1 Å².